The van der Waals surface area contributed by atoms with Crippen LogP contribution in [0, 0.1) is 5.92 Å². The van der Waals surface area contributed by atoms with Crippen molar-refractivity contribution in [2.24, 2.45) is 5.92 Å². The number of hydroxylamine groups is 1. The molecule has 0 aliphatic rings. The molecule has 2 atom stereocenters. The van der Waals surface area contributed by atoms with Gasteiger partial charge < -0.3 is 9.84 Å². The molecule has 9 heteroatoms. The average molecular weight is 514 g/mol. The van der Waals surface area contributed by atoms with Crippen molar-refractivity contribution < 1.29 is 24.6 Å². The van der Waals surface area contributed by atoms with Gasteiger partial charge in [-0.1, -0.05) is 44.9 Å². The van der Waals surface area contributed by atoms with Gasteiger partial charge in [-0.05, 0) is 42.5 Å². The van der Waals surface area contributed by atoms with Crippen molar-refractivity contribution in [2.45, 2.75) is 13.0 Å². The first-order chi connectivity index (χ1) is 13.3. The molecule has 4 N–H and O–H groups in total. The van der Waals surface area contributed by atoms with Crippen LogP contribution in [0.25, 0.3) is 0 Å². The Morgan fingerprint density at radius 2 is 1.75 bits per heavy atom. The summed E-state index contributed by atoms with van der Waals surface area (Å²) < 4.78 is 7.10. The van der Waals surface area contributed by atoms with Crippen LogP contribution in [-0.4, -0.2) is 22.3 Å². The molecule has 0 aromatic heterocycles. The summed E-state index contributed by atoms with van der Waals surface area (Å²) >= 11 is 6.64. The van der Waals surface area contributed by atoms with Gasteiger partial charge in [-0.2, -0.15) is 0 Å². The molecule has 2 amide bonds. The molecule has 2 aromatic carbocycles. The highest BCUT2D eigenvalue weighted by Gasteiger charge is 2.25. The van der Waals surface area contributed by atoms with Crippen molar-refractivity contribution in [2.75, 3.05) is 5.32 Å². The third kappa shape index (κ3) is 6.36. The van der Waals surface area contributed by atoms with E-state index in [0.29, 0.717) is 15.7 Å². The molecular formula is C19H18Br2N2O5. The third-order valence-corrected chi connectivity index (χ3v) is 4.78. The lowest BCUT2D eigenvalue weighted by Gasteiger charge is -2.23. The summed E-state index contributed by atoms with van der Waals surface area (Å²) in [5, 5.41) is 21.5. The number of carbonyl (C=O) groups is 2. The number of aromatic hydroxyl groups is 1. The van der Waals surface area contributed by atoms with Gasteiger partial charge >= 0.3 is 6.09 Å². The van der Waals surface area contributed by atoms with E-state index < -0.39 is 24.0 Å². The van der Waals surface area contributed by atoms with Crippen molar-refractivity contribution in [3.63, 3.8) is 0 Å². The number of anilines is 1. The van der Waals surface area contributed by atoms with Crippen molar-refractivity contribution in [3.05, 3.63) is 69.1 Å². The number of hydrogen-bond acceptors (Lipinski definition) is 5. The summed E-state index contributed by atoms with van der Waals surface area (Å²) in [6.45, 7) is 1.71. The molecule has 0 heterocycles. The number of halogens is 2. The largest absolute Gasteiger partial charge is 0.508 e. The molecular weight excluding hydrogens is 496 g/mol. The normalized spacial score (nSPS) is 13.0. The lowest BCUT2D eigenvalue weighted by molar-refractivity contribution is -0.124. The number of phenols is 1. The van der Waals surface area contributed by atoms with Gasteiger partial charge in [-0.25, -0.2) is 10.3 Å². The zero-order valence-electron chi connectivity index (χ0n) is 14.7. The molecule has 0 unspecified atom stereocenters. The van der Waals surface area contributed by atoms with Gasteiger partial charge in [0.15, 0.2) is 0 Å². The van der Waals surface area contributed by atoms with Crippen molar-refractivity contribution in [3.8, 4) is 5.75 Å². The smallest absolute Gasteiger partial charge is 0.412 e. The minimum atomic E-state index is -0.893. The number of hydrogen-bond donors (Lipinski definition) is 4. The first kappa shape index (κ1) is 21.9. The fourth-order valence-electron chi connectivity index (χ4n) is 2.38. The molecule has 0 spiro atoms. The molecule has 0 aliphatic carbocycles. The number of benzene rings is 2. The minimum Gasteiger partial charge on any atom is -0.508 e. The maximum atomic E-state index is 12.4. The van der Waals surface area contributed by atoms with E-state index in [1.807, 2.05) is 0 Å². The standard InChI is InChI=1S/C19H18Br2N2O5/c1-11(2-9-17(25)23-27)18(15-10-13(21)5-8-16(15)24)28-19(26)22-14-6-3-12(20)4-7-14/h2-11,18,24,27H,1H3,(H,22,26)(H,23,25)/b9-2+/t11-,18-/m0/s1. The van der Waals surface area contributed by atoms with Crippen LogP contribution in [0.3, 0.4) is 0 Å². The highest BCUT2D eigenvalue weighted by Crippen LogP contribution is 2.35. The van der Waals surface area contributed by atoms with E-state index in [-0.39, 0.29) is 5.75 Å². The number of nitrogens with one attached hydrogen (secondary N) is 2. The first-order valence-electron chi connectivity index (χ1n) is 8.14. The Morgan fingerprint density at radius 1 is 1.11 bits per heavy atom. The molecule has 0 saturated heterocycles. The van der Waals surface area contributed by atoms with Gasteiger partial charge in [0.1, 0.15) is 11.9 Å². The van der Waals surface area contributed by atoms with Crippen LogP contribution in [0.5, 0.6) is 5.75 Å². The second kappa shape index (κ2) is 10.3. The van der Waals surface area contributed by atoms with Gasteiger partial charge in [0.05, 0.1) is 0 Å². The van der Waals surface area contributed by atoms with Crippen LogP contribution in [0.4, 0.5) is 10.5 Å². The molecule has 0 radical (unpaired) electrons. The number of ether oxygens (including phenoxy) is 1. The molecule has 148 valence electrons. The van der Waals surface area contributed by atoms with E-state index in [0.717, 1.165) is 10.5 Å². The Hall–Kier alpha value is -2.36. The summed E-state index contributed by atoms with van der Waals surface area (Å²) in [6, 6.07) is 11.7. The maximum absolute atomic E-state index is 12.4. The van der Waals surface area contributed by atoms with Crippen LogP contribution < -0.4 is 10.8 Å². The van der Waals surface area contributed by atoms with Gasteiger partial charge in [0, 0.05) is 32.2 Å². The number of carbonyl (C=O) groups excluding carboxylic acids is 2. The monoisotopic (exact) mass is 512 g/mol. The van der Waals surface area contributed by atoms with Crippen LogP contribution in [0.1, 0.15) is 18.6 Å². The summed E-state index contributed by atoms with van der Waals surface area (Å²) in [5.41, 5.74) is 2.39. The Morgan fingerprint density at radius 3 is 2.39 bits per heavy atom. The molecule has 0 aliphatic heterocycles. The number of rotatable bonds is 6. The molecule has 2 aromatic rings. The van der Waals surface area contributed by atoms with Crippen LogP contribution in [0.15, 0.2) is 63.6 Å². The van der Waals surface area contributed by atoms with Crippen molar-refractivity contribution >= 4 is 49.5 Å². The van der Waals surface area contributed by atoms with Crippen LogP contribution >= 0.6 is 31.9 Å². The quantitative estimate of drug-likeness (QED) is 0.249. The van der Waals surface area contributed by atoms with Gasteiger partial charge in [0.25, 0.3) is 5.91 Å². The average Bonchev–Trinajstić information content (AvgIpc) is 2.67. The second-order valence-electron chi connectivity index (χ2n) is 5.86. The predicted octanol–water partition coefficient (Wildman–Crippen LogP) is 4.90. The zero-order chi connectivity index (χ0) is 20.7. The first-order valence-corrected chi connectivity index (χ1v) is 9.72. The van der Waals surface area contributed by atoms with Crippen LogP contribution in [-0.2, 0) is 9.53 Å². The molecule has 0 bridgehead atoms. The lowest BCUT2D eigenvalue weighted by atomic mass is 9.96. The highest BCUT2D eigenvalue weighted by molar-refractivity contribution is 9.10. The van der Waals surface area contributed by atoms with Gasteiger partial charge in [-0.15, -0.1) is 0 Å². The van der Waals surface area contributed by atoms with E-state index in [9.17, 15) is 14.7 Å². The zero-order valence-corrected chi connectivity index (χ0v) is 17.9. The summed E-state index contributed by atoms with van der Waals surface area (Å²) in [5.74, 6) is -1.27. The van der Waals surface area contributed by atoms with Crippen LogP contribution in [0.2, 0.25) is 0 Å². The predicted molar refractivity (Wildman–Crippen MR) is 111 cm³/mol. The maximum Gasteiger partial charge on any atom is 0.412 e. The van der Waals surface area contributed by atoms with Gasteiger partial charge in [-0.3, -0.25) is 15.3 Å². The lowest BCUT2D eigenvalue weighted by Crippen LogP contribution is -2.22. The van der Waals surface area contributed by atoms with E-state index in [1.54, 1.807) is 43.3 Å². The fraction of sp³-hybridized carbons (Fsp3) is 0.158. The Bertz CT molecular complexity index is 871. The molecule has 0 saturated carbocycles. The topological polar surface area (TPSA) is 108 Å². The molecule has 28 heavy (non-hydrogen) atoms. The minimum absolute atomic E-state index is 0.0588. The Balaban J connectivity index is 2.25. The number of amides is 2. The molecule has 2 rings (SSSR count). The molecule has 0 fully saturated rings. The Kier molecular flexibility index (Phi) is 8.04. The van der Waals surface area contributed by atoms with Crippen molar-refractivity contribution in [1.29, 1.82) is 0 Å². The highest BCUT2D eigenvalue weighted by atomic mass is 79.9. The van der Waals surface area contributed by atoms with Crippen molar-refractivity contribution in [1.82, 2.24) is 5.48 Å². The molecule has 7 nitrogen and oxygen atoms in total. The summed E-state index contributed by atoms with van der Waals surface area (Å²) in [4.78, 5) is 23.7. The Labute approximate surface area is 178 Å². The summed E-state index contributed by atoms with van der Waals surface area (Å²) in [7, 11) is 0. The van der Waals surface area contributed by atoms with E-state index in [1.165, 1.54) is 17.6 Å². The van der Waals surface area contributed by atoms with E-state index in [2.05, 4.69) is 37.2 Å². The number of phenolic OH excluding ortho intramolecular Hbond substituents is 1. The van der Waals surface area contributed by atoms with E-state index >= 15 is 0 Å². The third-order valence-electron chi connectivity index (χ3n) is 3.76. The van der Waals surface area contributed by atoms with E-state index in [4.69, 9.17) is 9.94 Å². The SMILES string of the molecule is C[C@@H](/C=C/C(=O)NO)[C@H](OC(=O)Nc1ccc(Br)cc1)c1cc(Br)ccc1O. The second-order valence-corrected chi connectivity index (χ2v) is 7.69. The fourth-order valence-corrected chi connectivity index (χ4v) is 3.02. The summed E-state index contributed by atoms with van der Waals surface area (Å²) in [6.07, 6.45) is 0.959. The van der Waals surface area contributed by atoms with Gasteiger partial charge in [0.2, 0.25) is 0 Å².